The minimum absolute atomic E-state index is 0.000383. The molecule has 0 amide bonds. The highest BCUT2D eigenvalue weighted by atomic mass is 16.7. The normalized spacial score (nSPS) is 28.1. The minimum Gasteiger partial charge on any atom is -0.387 e. The van der Waals surface area contributed by atoms with Crippen molar-refractivity contribution in [2.75, 3.05) is 53.6 Å². The summed E-state index contributed by atoms with van der Waals surface area (Å²) < 4.78 is 29.4. The van der Waals surface area contributed by atoms with Gasteiger partial charge in [0.25, 0.3) is 0 Å². The molecule has 2 aliphatic rings. The molecule has 2 aliphatic heterocycles. The second kappa shape index (κ2) is 33.9. The van der Waals surface area contributed by atoms with E-state index in [1.165, 1.54) is 141 Å². The number of quaternary nitrogens is 1. The van der Waals surface area contributed by atoms with E-state index in [4.69, 9.17) is 23.7 Å². The third-order valence-corrected chi connectivity index (χ3v) is 12.5. The van der Waals surface area contributed by atoms with Crippen molar-refractivity contribution in [2.45, 2.75) is 248 Å². The van der Waals surface area contributed by atoms with Crippen LogP contribution in [0.15, 0.2) is 0 Å². The maximum Gasteiger partial charge on any atom is 0.186 e. The largest absolute Gasteiger partial charge is 0.387 e. The Morgan fingerprint density at radius 1 is 0.450 bits per heavy atom. The highest BCUT2D eigenvalue weighted by molar-refractivity contribution is 4.92. The quantitative estimate of drug-likeness (QED) is 0.0273. The zero-order valence-electron chi connectivity index (χ0n) is 38.6. The van der Waals surface area contributed by atoms with Crippen LogP contribution in [-0.2, 0) is 23.7 Å². The van der Waals surface area contributed by atoms with Gasteiger partial charge in [0.1, 0.15) is 61.5 Å². The summed E-state index contributed by atoms with van der Waals surface area (Å²) in [5, 5.41) is 74.3. The highest BCUT2D eigenvalue weighted by Crippen LogP contribution is 2.27. The Morgan fingerprint density at radius 2 is 0.817 bits per heavy atom. The van der Waals surface area contributed by atoms with Gasteiger partial charge in [-0.1, -0.05) is 162 Å². The summed E-state index contributed by atoms with van der Waals surface area (Å²) in [4.78, 5) is 0. The van der Waals surface area contributed by atoms with Crippen molar-refractivity contribution in [1.29, 1.82) is 0 Å². The number of aliphatic hydroxyl groups is 7. The Kier molecular flexibility index (Phi) is 31.4. The maximum absolute atomic E-state index is 10.7. The first-order chi connectivity index (χ1) is 28.9. The number of aliphatic hydroxyl groups excluding tert-OH is 7. The van der Waals surface area contributed by atoms with Crippen LogP contribution >= 0.6 is 0 Å². The molecule has 0 bridgehead atoms. The molecule has 0 aliphatic carbocycles. The van der Waals surface area contributed by atoms with Crippen molar-refractivity contribution < 1.29 is 63.9 Å². The van der Waals surface area contributed by atoms with Gasteiger partial charge in [-0.25, -0.2) is 0 Å². The average molecular weight is 865 g/mol. The van der Waals surface area contributed by atoms with E-state index in [1.54, 1.807) is 0 Å². The van der Waals surface area contributed by atoms with Gasteiger partial charge in [0.15, 0.2) is 12.6 Å². The predicted molar refractivity (Wildman–Crippen MR) is 235 cm³/mol. The van der Waals surface area contributed by atoms with Gasteiger partial charge in [0, 0.05) is 6.61 Å². The predicted octanol–water partition coefficient (Wildman–Crippen LogP) is 6.27. The molecule has 0 saturated carbocycles. The summed E-state index contributed by atoms with van der Waals surface area (Å²) in [6.45, 7) is 5.72. The molecule has 0 spiro atoms. The summed E-state index contributed by atoms with van der Waals surface area (Å²) in [6.07, 6.45) is 18.0. The van der Waals surface area contributed by atoms with Crippen molar-refractivity contribution in [2.24, 2.45) is 0 Å². The van der Waals surface area contributed by atoms with Crippen LogP contribution in [0.1, 0.15) is 181 Å². The molecule has 0 aromatic rings. The molecule has 0 aromatic carbocycles. The molecule has 13 heteroatoms. The number of nitrogens with zero attached hydrogens (tertiary/aromatic N) is 1. The van der Waals surface area contributed by atoms with Crippen LogP contribution in [0.4, 0.5) is 0 Å². The first-order valence-electron chi connectivity index (χ1n) is 24.6. The number of rotatable bonds is 38. The zero-order valence-corrected chi connectivity index (χ0v) is 38.6. The van der Waals surface area contributed by atoms with Crippen LogP contribution in [0.3, 0.4) is 0 Å². The van der Waals surface area contributed by atoms with Crippen molar-refractivity contribution in [1.82, 2.24) is 0 Å². The van der Waals surface area contributed by atoms with Crippen LogP contribution in [0, 0.1) is 0 Å². The monoisotopic (exact) mass is 865 g/mol. The van der Waals surface area contributed by atoms with Gasteiger partial charge in [0.05, 0.1) is 40.5 Å². The smallest absolute Gasteiger partial charge is 0.186 e. The Balaban J connectivity index is 1.63. The summed E-state index contributed by atoms with van der Waals surface area (Å²) in [7, 11) is 4.18. The molecule has 11 atom stereocenters. The molecule has 2 saturated heterocycles. The van der Waals surface area contributed by atoms with E-state index >= 15 is 0 Å². The number of hydrogen-bond acceptors (Lipinski definition) is 12. The van der Waals surface area contributed by atoms with E-state index in [2.05, 4.69) is 27.9 Å². The van der Waals surface area contributed by atoms with Gasteiger partial charge >= 0.3 is 0 Å². The van der Waals surface area contributed by atoms with E-state index in [0.717, 1.165) is 32.2 Å². The lowest BCUT2D eigenvalue weighted by molar-refractivity contribution is -0.893. The molecule has 7 N–H and O–H groups in total. The Morgan fingerprint density at radius 3 is 1.25 bits per heavy atom. The molecule has 358 valence electrons. The standard InChI is InChI=1S/C47H94NO12/c1-5-7-9-11-13-15-17-18-19-20-21-22-24-26-28-30-32-57-46-44(54)43(53)41(51)39(60-46)36-58-47-45(55)42(52)40(50)38(59-47)35-56-34-37(49)33-48(3,4)31-29-27-25-23-16-14-12-10-8-6-2/h37-47,49-55H,5-36H2,1-4H3/q+1/t37?,38-,39-,40-,41-,42+,43+,44-,45-,46-,47+/m1/s1. The van der Waals surface area contributed by atoms with Crippen LogP contribution in [0.5, 0.6) is 0 Å². The second-order valence-electron chi connectivity index (χ2n) is 18.8. The van der Waals surface area contributed by atoms with E-state index in [-0.39, 0.29) is 19.8 Å². The topological polar surface area (TPSA) is 188 Å². The van der Waals surface area contributed by atoms with Crippen LogP contribution in [0.2, 0.25) is 0 Å². The molecule has 2 heterocycles. The average Bonchev–Trinajstić information content (AvgIpc) is 3.22. The molecule has 2 rings (SSSR count). The second-order valence-corrected chi connectivity index (χ2v) is 18.8. The van der Waals surface area contributed by atoms with E-state index in [9.17, 15) is 35.7 Å². The zero-order chi connectivity index (χ0) is 44.0. The van der Waals surface area contributed by atoms with E-state index in [1.807, 2.05) is 0 Å². The van der Waals surface area contributed by atoms with E-state index < -0.39 is 67.5 Å². The Labute approximate surface area is 365 Å². The van der Waals surface area contributed by atoms with Crippen molar-refractivity contribution in [3.8, 4) is 0 Å². The van der Waals surface area contributed by atoms with Gasteiger partial charge < -0.3 is 63.9 Å². The summed E-state index contributed by atoms with van der Waals surface area (Å²) >= 11 is 0. The van der Waals surface area contributed by atoms with Gasteiger partial charge in [-0.2, -0.15) is 0 Å². The van der Waals surface area contributed by atoms with Gasteiger partial charge in [-0.15, -0.1) is 0 Å². The maximum atomic E-state index is 10.7. The first kappa shape index (κ1) is 55.6. The van der Waals surface area contributed by atoms with Crippen molar-refractivity contribution >= 4 is 0 Å². The lowest BCUT2D eigenvalue weighted by Gasteiger charge is -2.43. The van der Waals surface area contributed by atoms with Crippen LogP contribution in [0.25, 0.3) is 0 Å². The van der Waals surface area contributed by atoms with Crippen molar-refractivity contribution in [3.63, 3.8) is 0 Å². The molecule has 0 radical (unpaired) electrons. The summed E-state index contributed by atoms with van der Waals surface area (Å²) in [6, 6.07) is 0. The summed E-state index contributed by atoms with van der Waals surface area (Å²) in [5.41, 5.74) is 0. The fourth-order valence-corrected chi connectivity index (χ4v) is 8.49. The molecule has 2 fully saturated rings. The third-order valence-electron chi connectivity index (χ3n) is 12.5. The number of likely N-dealkylation sites (N-methyl/N-ethyl adjacent to an activating group) is 1. The lowest BCUT2D eigenvalue weighted by atomic mass is 9.98. The SMILES string of the molecule is CCCCCCCCCCCCCCCCCCO[C@@H]1O[C@H](CO[C@H]2O[C@H](COCC(O)C[N+](C)(C)CCCCCCCCCCCC)[C@@H](O)[C@H](O)[C@H]2O)[C@@H](O)[C@H](O)[C@H]1O. The lowest BCUT2D eigenvalue weighted by Crippen LogP contribution is -2.61. The molecule has 13 nitrogen and oxygen atoms in total. The number of hydrogen-bond donors (Lipinski definition) is 7. The van der Waals surface area contributed by atoms with Gasteiger partial charge in [-0.3, -0.25) is 0 Å². The number of ether oxygens (including phenoxy) is 5. The fraction of sp³-hybridized carbons (Fsp3) is 1.00. The molecular weight excluding hydrogens is 771 g/mol. The number of unbranched alkanes of at least 4 members (excludes halogenated alkanes) is 24. The highest BCUT2D eigenvalue weighted by Gasteiger charge is 2.47. The molecule has 1 unspecified atom stereocenters. The Hall–Kier alpha value is -0.520. The van der Waals surface area contributed by atoms with Crippen LogP contribution < -0.4 is 0 Å². The Bertz CT molecular complexity index is 996. The molecular formula is C47H94NO12+. The van der Waals surface area contributed by atoms with Crippen LogP contribution in [-0.4, -0.2) is 161 Å². The molecule has 60 heavy (non-hydrogen) atoms. The van der Waals surface area contributed by atoms with Gasteiger partial charge in [0.2, 0.25) is 0 Å². The first-order valence-corrected chi connectivity index (χ1v) is 24.6. The minimum atomic E-state index is -1.62. The third kappa shape index (κ3) is 24.0. The molecule has 0 aromatic heterocycles. The van der Waals surface area contributed by atoms with Crippen molar-refractivity contribution in [3.05, 3.63) is 0 Å². The fourth-order valence-electron chi connectivity index (χ4n) is 8.49. The van der Waals surface area contributed by atoms with Gasteiger partial charge in [-0.05, 0) is 19.3 Å². The van der Waals surface area contributed by atoms with E-state index in [0.29, 0.717) is 17.6 Å². The summed E-state index contributed by atoms with van der Waals surface area (Å²) in [5.74, 6) is 0.